The van der Waals surface area contributed by atoms with Crippen LogP contribution in [0.25, 0.3) is 16.8 Å². The molecule has 3 N–H and O–H groups in total. The average Bonchev–Trinajstić information content (AvgIpc) is 3.26. The Morgan fingerprint density at radius 1 is 1.32 bits per heavy atom. The van der Waals surface area contributed by atoms with Gasteiger partial charge in [-0.05, 0) is 82.4 Å². The summed E-state index contributed by atoms with van der Waals surface area (Å²) in [5.41, 5.74) is 4.97. The molecule has 1 aliphatic rings. The minimum atomic E-state index is -0.601. The van der Waals surface area contributed by atoms with Gasteiger partial charge in [-0.3, -0.25) is 9.49 Å². The van der Waals surface area contributed by atoms with Gasteiger partial charge in [-0.15, -0.1) is 0 Å². The van der Waals surface area contributed by atoms with Gasteiger partial charge in [-0.25, -0.2) is 9.38 Å². The second-order valence-electron chi connectivity index (χ2n) is 8.93. The Bertz CT molecular complexity index is 1020. The summed E-state index contributed by atoms with van der Waals surface area (Å²) in [6.45, 7) is 8.95. The highest BCUT2D eigenvalue weighted by Crippen LogP contribution is 2.36. The highest BCUT2D eigenvalue weighted by molar-refractivity contribution is 5.89. The van der Waals surface area contributed by atoms with Crippen LogP contribution in [0.5, 0.6) is 0 Å². The SMILES string of the molecule is C=C(/N=C\C=C(/C)c1c(-c2ccc(F)c(CCF)c2)n[nH]c1C1CCNCC1)NCCN(C)C. The van der Waals surface area contributed by atoms with Crippen molar-refractivity contribution in [3.63, 3.8) is 0 Å². The Hall–Kier alpha value is -2.84. The Morgan fingerprint density at radius 2 is 2.09 bits per heavy atom. The maximum atomic E-state index is 14.2. The molecule has 2 aromatic rings. The van der Waals surface area contributed by atoms with E-state index in [1.165, 1.54) is 6.07 Å². The molecule has 0 amide bonds. The van der Waals surface area contributed by atoms with Gasteiger partial charge in [-0.2, -0.15) is 5.10 Å². The van der Waals surface area contributed by atoms with Crippen molar-refractivity contribution in [1.82, 2.24) is 25.7 Å². The van der Waals surface area contributed by atoms with Crippen molar-refractivity contribution in [3.05, 3.63) is 59.3 Å². The van der Waals surface area contributed by atoms with Crippen LogP contribution in [0.2, 0.25) is 0 Å². The summed E-state index contributed by atoms with van der Waals surface area (Å²) in [5.74, 6) is 0.564. The van der Waals surface area contributed by atoms with Crippen molar-refractivity contribution in [2.45, 2.75) is 32.1 Å². The van der Waals surface area contributed by atoms with Gasteiger partial charge in [0.2, 0.25) is 0 Å². The monoisotopic (exact) mass is 470 g/mol. The molecule has 0 spiro atoms. The van der Waals surface area contributed by atoms with Crippen LogP contribution in [0, 0.1) is 5.82 Å². The summed E-state index contributed by atoms with van der Waals surface area (Å²) in [4.78, 5) is 6.50. The van der Waals surface area contributed by atoms with Gasteiger partial charge in [0.25, 0.3) is 0 Å². The van der Waals surface area contributed by atoms with E-state index < -0.39 is 12.5 Å². The Kier molecular flexibility index (Phi) is 9.53. The number of aromatic nitrogens is 2. The molecule has 3 rings (SSSR count). The first-order chi connectivity index (χ1) is 16.4. The number of piperidine rings is 1. The van der Waals surface area contributed by atoms with Crippen molar-refractivity contribution < 1.29 is 8.78 Å². The lowest BCUT2D eigenvalue weighted by atomic mass is 9.88. The number of rotatable bonds is 11. The minimum absolute atomic E-state index is 0.0466. The van der Waals surface area contributed by atoms with Crippen molar-refractivity contribution in [2.24, 2.45) is 4.99 Å². The van der Waals surface area contributed by atoms with Crippen LogP contribution < -0.4 is 10.6 Å². The van der Waals surface area contributed by atoms with Crippen LogP contribution in [-0.2, 0) is 6.42 Å². The van der Waals surface area contributed by atoms with E-state index in [2.05, 4.69) is 37.3 Å². The molecule has 1 fully saturated rings. The lowest BCUT2D eigenvalue weighted by Crippen LogP contribution is -2.27. The molecule has 0 unspecified atom stereocenters. The first-order valence-electron chi connectivity index (χ1n) is 11.8. The predicted octanol–water partition coefficient (Wildman–Crippen LogP) is 4.29. The van der Waals surface area contributed by atoms with E-state index in [9.17, 15) is 8.78 Å². The maximum absolute atomic E-state index is 14.2. The lowest BCUT2D eigenvalue weighted by Gasteiger charge is -2.23. The lowest BCUT2D eigenvalue weighted by molar-refractivity contribution is 0.408. The fourth-order valence-electron chi connectivity index (χ4n) is 4.18. The van der Waals surface area contributed by atoms with Crippen molar-refractivity contribution in [2.75, 3.05) is 46.9 Å². The van der Waals surface area contributed by atoms with Crippen molar-refractivity contribution in [1.29, 1.82) is 0 Å². The molecule has 8 heteroatoms. The second-order valence-corrected chi connectivity index (χ2v) is 8.93. The number of benzene rings is 1. The number of halogens is 2. The third-order valence-corrected chi connectivity index (χ3v) is 6.06. The number of aryl methyl sites for hydroxylation is 1. The van der Waals surface area contributed by atoms with E-state index in [0.29, 0.717) is 17.3 Å². The predicted molar refractivity (Wildman–Crippen MR) is 136 cm³/mol. The smallest absolute Gasteiger partial charge is 0.126 e. The molecule has 34 heavy (non-hydrogen) atoms. The largest absolute Gasteiger partial charge is 0.369 e. The highest BCUT2D eigenvalue weighted by atomic mass is 19.1. The van der Waals surface area contributed by atoms with E-state index in [1.807, 2.05) is 27.1 Å². The molecule has 0 aliphatic carbocycles. The quantitative estimate of drug-likeness (QED) is 0.429. The number of likely N-dealkylation sites (N-methyl/N-ethyl adjacent to an activating group) is 1. The first-order valence-corrected chi connectivity index (χ1v) is 11.8. The van der Waals surface area contributed by atoms with Crippen LogP contribution in [0.3, 0.4) is 0 Å². The number of aromatic amines is 1. The number of nitrogens with one attached hydrogen (secondary N) is 3. The number of nitrogens with zero attached hydrogens (tertiary/aromatic N) is 3. The molecular weight excluding hydrogens is 434 g/mol. The average molecular weight is 471 g/mol. The van der Waals surface area contributed by atoms with Gasteiger partial charge >= 0.3 is 0 Å². The summed E-state index contributed by atoms with van der Waals surface area (Å²) in [6.07, 6.45) is 5.76. The molecule has 184 valence electrons. The summed E-state index contributed by atoms with van der Waals surface area (Å²) in [5, 5.41) is 14.5. The fourth-order valence-corrected chi connectivity index (χ4v) is 4.18. The van der Waals surface area contributed by atoms with Crippen molar-refractivity contribution in [3.8, 4) is 11.3 Å². The van der Waals surface area contributed by atoms with Crippen LogP contribution >= 0.6 is 0 Å². The zero-order valence-electron chi connectivity index (χ0n) is 20.4. The topological polar surface area (TPSA) is 68.3 Å². The third-order valence-electron chi connectivity index (χ3n) is 6.06. The molecular formula is C26H36F2N6. The zero-order valence-corrected chi connectivity index (χ0v) is 20.4. The second kappa shape index (κ2) is 12.6. The van der Waals surface area contributed by atoms with E-state index in [4.69, 9.17) is 0 Å². The molecule has 1 aromatic heterocycles. The van der Waals surface area contributed by atoms with Gasteiger partial charge in [0.15, 0.2) is 0 Å². The van der Waals surface area contributed by atoms with Gasteiger partial charge in [0.1, 0.15) is 11.6 Å². The van der Waals surface area contributed by atoms with Crippen LogP contribution in [0.15, 0.2) is 41.7 Å². The highest BCUT2D eigenvalue weighted by Gasteiger charge is 2.24. The summed E-state index contributed by atoms with van der Waals surface area (Å²) < 4.78 is 27.1. The number of hydrogen-bond acceptors (Lipinski definition) is 5. The molecule has 1 aliphatic heterocycles. The third kappa shape index (κ3) is 6.84. The van der Waals surface area contributed by atoms with E-state index in [-0.39, 0.29) is 6.42 Å². The molecule has 6 nitrogen and oxygen atoms in total. The molecule has 0 bridgehead atoms. The van der Waals surface area contributed by atoms with Crippen LogP contribution in [0.1, 0.15) is 42.5 Å². The standard InChI is InChI=1S/C26H36F2N6/c1-18(8-14-30-19(2)31-15-16-34(3)4)24-25(20-9-12-29-13-10-20)32-33-26(24)22-5-6-23(28)21(17-22)7-11-27/h5-6,8,14,17,20,29,31H,2,7,9-13,15-16H2,1,3-4H3,(H,32,33)/b18-8+,30-14-. The summed E-state index contributed by atoms with van der Waals surface area (Å²) in [7, 11) is 4.04. The van der Waals surface area contributed by atoms with E-state index in [0.717, 1.165) is 67.1 Å². The number of hydrogen-bond donors (Lipinski definition) is 3. The molecule has 1 aromatic carbocycles. The summed E-state index contributed by atoms with van der Waals surface area (Å²) >= 11 is 0. The number of alkyl halides is 1. The number of H-pyrrole nitrogens is 1. The Labute approximate surface area is 201 Å². The summed E-state index contributed by atoms with van der Waals surface area (Å²) in [6, 6.07) is 4.81. The normalized spacial score (nSPS) is 15.4. The number of allylic oxidation sites excluding steroid dienone is 2. The van der Waals surface area contributed by atoms with Crippen LogP contribution in [-0.4, -0.2) is 68.3 Å². The van der Waals surface area contributed by atoms with E-state index >= 15 is 0 Å². The van der Waals surface area contributed by atoms with Crippen LogP contribution in [0.4, 0.5) is 8.78 Å². The Morgan fingerprint density at radius 3 is 2.79 bits per heavy atom. The fraction of sp³-hybridized carbons (Fsp3) is 0.462. The molecule has 0 saturated carbocycles. The molecule has 0 atom stereocenters. The maximum Gasteiger partial charge on any atom is 0.126 e. The minimum Gasteiger partial charge on any atom is -0.369 e. The van der Waals surface area contributed by atoms with Gasteiger partial charge in [0, 0.05) is 48.5 Å². The van der Waals surface area contributed by atoms with Gasteiger partial charge < -0.3 is 15.5 Å². The molecule has 0 radical (unpaired) electrons. The zero-order chi connectivity index (χ0) is 24.5. The number of aliphatic imine (C=N–C) groups is 1. The van der Waals surface area contributed by atoms with E-state index in [1.54, 1.807) is 18.3 Å². The van der Waals surface area contributed by atoms with Gasteiger partial charge in [0.05, 0.1) is 12.4 Å². The first kappa shape index (κ1) is 25.8. The van der Waals surface area contributed by atoms with Crippen molar-refractivity contribution >= 4 is 11.8 Å². The molecule has 2 heterocycles. The Balaban J connectivity index is 1.91. The molecule has 1 saturated heterocycles. The van der Waals surface area contributed by atoms with Gasteiger partial charge in [-0.1, -0.05) is 6.58 Å².